The first-order valence-corrected chi connectivity index (χ1v) is 3.64. The van der Waals surface area contributed by atoms with E-state index in [0.29, 0.717) is 0 Å². The average Bonchev–Trinajstić information content (AvgIpc) is 2.27. The molecule has 1 N–H and O–H groups in total. The van der Waals surface area contributed by atoms with Crippen LogP contribution in [0.3, 0.4) is 0 Å². The van der Waals surface area contributed by atoms with E-state index in [1.165, 1.54) is 0 Å². The van der Waals surface area contributed by atoms with Crippen molar-refractivity contribution >= 4 is 25.8 Å². The molecule has 0 radical (unpaired) electrons. The van der Waals surface area contributed by atoms with Crippen LogP contribution in [0.15, 0.2) is 24.3 Å². The van der Waals surface area contributed by atoms with Gasteiger partial charge >= 0.3 is 0 Å². The molecular formula is C7H7N2P. The van der Waals surface area contributed by atoms with Gasteiger partial charge < -0.3 is 4.98 Å². The van der Waals surface area contributed by atoms with Gasteiger partial charge in [-0.25, -0.2) is 4.98 Å². The van der Waals surface area contributed by atoms with Gasteiger partial charge in [-0.15, -0.1) is 0 Å². The van der Waals surface area contributed by atoms with Crippen molar-refractivity contribution in [2.45, 2.75) is 0 Å². The first-order chi connectivity index (χ1) is 4.86. The molecule has 0 aliphatic heterocycles. The summed E-state index contributed by atoms with van der Waals surface area (Å²) in [5.41, 5.74) is 3.00. The Balaban J connectivity index is 2.88. The zero-order valence-electron chi connectivity index (χ0n) is 5.33. The molecule has 0 bridgehead atoms. The molecule has 1 aromatic heterocycles. The Bertz CT molecular complexity index is 320. The standard InChI is InChI=1S/C7H7N2P/c10-7-8-5-3-1-2-4-6(5)9-7/h1-4H,10H2,(H,8,9). The summed E-state index contributed by atoms with van der Waals surface area (Å²) in [4.78, 5) is 7.33. The Morgan fingerprint density at radius 2 is 2.10 bits per heavy atom. The lowest BCUT2D eigenvalue weighted by molar-refractivity contribution is 1.45. The van der Waals surface area contributed by atoms with Crippen molar-refractivity contribution < 1.29 is 0 Å². The Morgan fingerprint density at radius 3 is 2.90 bits per heavy atom. The third kappa shape index (κ3) is 0.812. The number of aromatic nitrogens is 2. The average molecular weight is 150 g/mol. The summed E-state index contributed by atoms with van der Waals surface area (Å²) >= 11 is 0. The fourth-order valence-electron chi connectivity index (χ4n) is 0.973. The van der Waals surface area contributed by atoms with Crippen molar-refractivity contribution in [1.82, 2.24) is 9.97 Å². The molecule has 0 aliphatic carbocycles. The summed E-state index contributed by atoms with van der Waals surface area (Å²) in [7, 11) is 2.54. The van der Waals surface area contributed by atoms with Crippen LogP contribution in [0.4, 0.5) is 0 Å². The van der Waals surface area contributed by atoms with Crippen LogP contribution in [-0.2, 0) is 0 Å². The fraction of sp³-hybridized carbons (Fsp3) is 0. The quantitative estimate of drug-likeness (QED) is 0.559. The molecule has 50 valence electrons. The van der Waals surface area contributed by atoms with Crippen LogP contribution in [0.2, 0.25) is 0 Å². The highest BCUT2D eigenvalue weighted by Crippen LogP contribution is 2.06. The molecule has 0 saturated heterocycles. The Morgan fingerprint density at radius 1 is 1.30 bits per heavy atom. The van der Waals surface area contributed by atoms with Gasteiger partial charge in [0.25, 0.3) is 0 Å². The van der Waals surface area contributed by atoms with E-state index in [2.05, 4.69) is 19.2 Å². The maximum Gasteiger partial charge on any atom is 0.123 e. The second-order valence-electron chi connectivity index (χ2n) is 2.14. The molecule has 3 heteroatoms. The van der Waals surface area contributed by atoms with E-state index >= 15 is 0 Å². The van der Waals surface area contributed by atoms with Gasteiger partial charge in [-0.2, -0.15) is 0 Å². The van der Waals surface area contributed by atoms with Crippen LogP contribution in [0.1, 0.15) is 0 Å². The maximum absolute atomic E-state index is 4.22. The van der Waals surface area contributed by atoms with Crippen LogP contribution in [0.5, 0.6) is 0 Å². The van der Waals surface area contributed by atoms with E-state index in [1.54, 1.807) is 0 Å². The molecule has 1 atom stereocenters. The van der Waals surface area contributed by atoms with Gasteiger partial charge in [0.2, 0.25) is 0 Å². The molecular weight excluding hydrogens is 143 g/mol. The first-order valence-electron chi connectivity index (χ1n) is 3.06. The third-order valence-electron chi connectivity index (χ3n) is 1.41. The van der Waals surface area contributed by atoms with Crippen molar-refractivity contribution in [2.75, 3.05) is 0 Å². The number of aromatic amines is 1. The van der Waals surface area contributed by atoms with Gasteiger partial charge in [-0.3, -0.25) is 0 Å². The fourth-order valence-corrected chi connectivity index (χ4v) is 1.27. The molecule has 2 nitrogen and oxygen atoms in total. The molecule has 1 heterocycles. The van der Waals surface area contributed by atoms with Gasteiger partial charge in [0.15, 0.2) is 0 Å². The topological polar surface area (TPSA) is 28.7 Å². The Kier molecular flexibility index (Phi) is 1.21. The van der Waals surface area contributed by atoms with Crippen molar-refractivity contribution in [2.24, 2.45) is 0 Å². The lowest BCUT2D eigenvalue weighted by atomic mass is 10.3. The number of hydrogen-bond acceptors (Lipinski definition) is 1. The molecule has 0 fully saturated rings. The monoisotopic (exact) mass is 150 g/mol. The van der Waals surface area contributed by atoms with E-state index in [0.717, 1.165) is 16.6 Å². The number of imidazole rings is 1. The van der Waals surface area contributed by atoms with Gasteiger partial charge in [0, 0.05) is 0 Å². The third-order valence-corrected chi connectivity index (χ3v) is 1.68. The van der Waals surface area contributed by atoms with E-state index in [9.17, 15) is 0 Å². The van der Waals surface area contributed by atoms with Crippen molar-refractivity contribution in [1.29, 1.82) is 0 Å². The second kappa shape index (κ2) is 2.06. The van der Waals surface area contributed by atoms with E-state index in [4.69, 9.17) is 0 Å². The molecule has 2 rings (SSSR count). The zero-order valence-corrected chi connectivity index (χ0v) is 6.49. The largest absolute Gasteiger partial charge is 0.339 e. The van der Waals surface area contributed by atoms with Gasteiger partial charge in [-0.1, -0.05) is 21.4 Å². The summed E-state index contributed by atoms with van der Waals surface area (Å²) in [5, 5.41) is 0. The number of fused-ring (bicyclic) bond motifs is 1. The summed E-state index contributed by atoms with van der Waals surface area (Å²) < 4.78 is 0. The lowest BCUT2D eigenvalue weighted by Gasteiger charge is -1.81. The predicted molar refractivity (Wildman–Crippen MR) is 45.4 cm³/mol. The molecule has 1 unspecified atom stereocenters. The number of hydrogen-bond donors (Lipinski definition) is 1. The number of nitrogens with one attached hydrogen (secondary N) is 1. The molecule has 0 spiro atoms. The molecule has 1 aromatic carbocycles. The van der Waals surface area contributed by atoms with Crippen LogP contribution in [0.25, 0.3) is 11.0 Å². The highest BCUT2D eigenvalue weighted by atomic mass is 31.0. The predicted octanol–water partition coefficient (Wildman–Crippen LogP) is 1.06. The number of H-pyrrole nitrogens is 1. The van der Waals surface area contributed by atoms with Crippen molar-refractivity contribution in [3.8, 4) is 0 Å². The minimum atomic E-state index is 0.890. The van der Waals surface area contributed by atoms with Crippen LogP contribution >= 0.6 is 9.24 Å². The molecule has 0 aliphatic rings. The highest BCUT2D eigenvalue weighted by Gasteiger charge is 1.94. The first kappa shape index (κ1) is 5.87. The van der Waals surface area contributed by atoms with Crippen LogP contribution in [-0.4, -0.2) is 9.97 Å². The van der Waals surface area contributed by atoms with Gasteiger partial charge in [0.05, 0.1) is 11.0 Å². The van der Waals surface area contributed by atoms with E-state index in [1.807, 2.05) is 24.3 Å². The number of rotatable bonds is 0. The Hall–Kier alpha value is -0.880. The Labute approximate surface area is 60.9 Å². The number of para-hydroxylation sites is 2. The van der Waals surface area contributed by atoms with E-state index in [-0.39, 0.29) is 0 Å². The summed E-state index contributed by atoms with van der Waals surface area (Å²) in [5.74, 6) is 0. The normalized spacial score (nSPS) is 10.5. The minimum absolute atomic E-state index is 0.890. The molecule has 0 saturated carbocycles. The van der Waals surface area contributed by atoms with Crippen molar-refractivity contribution in [3.63, 3.8) is 0 Å². The summed E-state index contributed by atoms with van der Waals surface area (Å²) in [6, 6.07) is 7.97. The summed E-state index contributed by atoms with van der Waals surface area (Å²) in [6.07, 6.45) is 0. The van der Waals surface area contributed by atoms with Gasteiger partial charge in [0.1, 0.15) is 5.57 Å². The molecule has 0 amide bonds. The second-order valence-corrected chi connectivity index (χ2v) is 2.69. The maximum atomic E-state index is 4.22. The zero-order chi connectivity index (χ0) is 6.97. The van der Waals surface area contributed by atoms with Crippen LogP contribution in [0, 0.1) is 0 Å². The summed E-state index contributed by atoms with van der Waals surface area (Å²) in [6.45, 7) is 0. The van der Waals surface area contributed by atoms with Gasteiger partial charge in [-0.05, 0) is 12.1 Å². The SMILES string of the molecule is Pc1nc2ccccc2[nH]1. The smallest absolute Gasteiger partial charge is 0.123 e. The van der Waals surface area contributed by atoms with Crippen LogP contribution < -0.4 is 5.57 Å². The van der Waals surface area contributed by atoms with Crippen molar-refractivity contribution in [3.05, 3.63) is 24.3 Å². The molecule has 2 aromatic rings. The molecule has 10 heavy (non-hydrogen) atoms. The highest BCUT2D eigenvalue weighted by molar-refractivity contribution is 7.26. The number of benzene rings is 1. The lowest BCUT2D eigenvalue weighted by Crippen LogP contribution is -1.91. The van der Waals surface area contributed by atoms with E-state index < -0.39 is 0 Å². The minimum Gasteiger partial charge on any atom is -0.339 e. The number of nitrogens with zero attached hydrogens (tertiary/aromatic N) is 1.